The van der Waals surface area contributed by atoms with Gasteiger partial charge in [0.25, 0.3) is 0 Å². The van der Waals surface area contributed by atoms with E-state index in [-0.39, 0.29) is 0 Å². The lowest BCUT2D eigenvalue weighted by molar-refractivity contribution is 0.637. The maximum Gasteiger partial charge on any atom is 0.147 e. The molecule has 1 aromatic carbocycles. The third-order valence-electron chi connectivity index (χ3n) is 3.39. The van der Waals surface area contributed by atoms with Gasteiger partial charge in [0, 0.05) is 12.0 Å². The molecule has 0 atom stereocenters. The van der Waals surface area contributed by atoms with Crippen LogP contribution in [0.25, 0.3) is 10.6 Å². The Labute approximate surface area is 125 Å². The zero-order valence-electron chi connectivity index (χ0n) is 12.6. The number of nitrogens with one attached hydrogen (secondary N) is 1. The Morgan fingerprint density at radius 2 is 1.95 bits per heavy atom. The third kappa shape index (κ3) is 4.12. The van der Waals surface area contributed by atoms with E-state index in [1.54, 1.807) is 11.3 Å². The zero-order valence-corrected chi connectivity index (χ0v) is 13.4. The standard InChI is InChI=1S/C16H23N3S/c1-4-9-17-10-5-6-15-18-19-16(20-15)14-8-7-12(2)13(3)11-14/h7-8,11,17H,4-6,9-10H2,1-3H3. The molecule has 0 saturated carbocycles. The molecule has 108 valence electrons. The highest BCUT2D eigenvalue weighted by atomic mass is 32.1. The van der Waals surface area contributed by atoms with Gasteiger partial charge < -0.3 is 5.32 Å². The van der Waals surface area contributed by atoms with Gasteiger partial charge in [-0.05, 0) is 57.0 Å². The number of aryl methyl sites for hydroxylation is 3. The van der Waals surface area contributed by atoms with Gasteiger partial charge in [-0.25, -0.2) is 0 Å². The average Bonchev–Trinajstić information content (AvgIpc) is 2.90. The largest absolute Gasteiger partial charge is 0.317 e. The van der Waals surface area contributed by atoms with Crippen molar-refractivity contribution < 1.29 is 0 Å². The first-order chi connectivity index (χ1) is 9.70. The minimum atomic E-state index is 1.01. The summed E-state index contributed by atoms with van der Waals surface area (Å²) in [7, 11) is 0. The summed E-state index contributed by atoms with van der Waals surface area (Å²) in [5.41, 5.74) is 3.81. The number of nitrogens with zero attached hydrogens (tertiary/aromatic N) is 2. The van der Waals surface area contributed by atoms with Crippen LogP contribution in [-0.4, -0.2) is 23.3 Å². The predicted octanol–water partition coefficient (Wildman–Crippen LogP) is 3.75. The SMILES string of the molecule is CCCNCCCc1nnc(-c2ccc(C)c(C)c2)s1. The van der Waals surface area contributed by atoms with Gasteiger partial charge >= 0.3 is 0 Å². The lowest BCUT2D eigenvalue weighted by atomic mass is 10.1. The van der Waals surface area contributed by atoms with Crippen LogP contribution in [-0.2, 0) is 6.42 Å². The maximum atomic E-state index is 4.32. The van der Waals surface area contributed by atoms with Crippen molar-refractivity contribution in [3.8, 4) is 10.6 Å². The first-order valence-electron chi connectivity index (χ1n) is 7.31. The van der Waals surface area contributed by atoms with E-state index in [4.69, 9.17) is 0 Å². The van der Waals surface area contributed by atoms with E-state index in [0.29, 0.717) is 0 Å². The molecule has 2 aromatic rings. The first-order valence-corrected chi connectivity index (χ1v) is 8.13. The molecule has 0 radical (unpaired) electrons. The van der Waals surface area contributed by atoms with E-state index in [2.05, 4.69) is 54.5 Å². The summed E-state index contributed by atoms with van der Waals surface area (Å²) in [6.45, 7) is 8.62. The number of rotatable bonds is 7. The van der Waals surface area contributed by atoms with Crippen molar-refractivity contribution in [3.63, 3.8) is 0 Å². The molecule has 4 heteroatoms. The summed E-state index contributed by atoms with van der Waals surface area (Å²) in [5, 5.41) is 14.2. The minimum absolute atomic E-state index is 1.01. The van der Waals surface area contributed by atoms with Crippen LogP contribution in [0.2, 0.25) is 0 Å². The molecule has 1 N–H and O–H groups in total. The monoisotopic (exact) mass is 289 g/mol. The molecule has 20 heavy (non-hydrogen) atoms. The average molecular weight is 289 g/mol. The third-order valence-corrected chi connectivity index (χ3v) is 4.42. The van der Waals surface area contributed by atoms with Gasteiger partial charge in [0.1, 0.15) is 10.0 Å². The summed E-state index contributed by atoms with van der Waals surface area (Å²) in [5.74, 6) is 0. The Morgan fingerprint density at radius 3 is 2.70 bits per heavy atom. The fraction of sp³-hybridized carbons (Fsp3) is 0.500. The van der Waals surface area contributed by atoms with Gasteiger partial charge in [0.05, 0.1) is 0 Å². The summed E-state index contributed by atoms with van der Waals surface area (Å²) in [6.07, 6.45) is 3.33. The summed E-state index contributed by atoms with van der Waals surface area (Å²) in [6, 6.07) is 6.48. The van der Waals surface area contributed by atoms with Crippen LogP contribution in [0, 0.1) is 13.8 Å². The van der Waals surface area contributed by atoms with Gasteiger partial charge in [-0.15, -0.1) is 10.2 Å². The molecule has 1 heterocycles. The summed E-state index contributed by atoms with van der Waals surface area (Å²) >= 11 is 1.71. The van der Waals surface area contributed by atoms with E-state index in [9.17, 15) is 0 Å². The second kappa shape index (κ2) is 7.50. The number of hydrogen-bond acceptors (Lipinski definition) is 4. The second-order valence-corrected chi connectivity index (χ2v) is 6.22. The molecule has 0 bridgehead atoms. The quantitative estimate of drug-likeness (QED) is 0.789. The van der Waals surface area contributed by atoms with Crippen molar-refractivity contribution in [1.29, 1.82) is 0 Å². The van der Waals surface area contributed by atoms with E-state index in [1.165, 1.54) is 23.1 Å². The van der Waals surface area contributed by atoms with Gasteiger partial charge in [0.15, 0.2) is 0 Å². The molecule has 3 nitrogen and oxygen atoms in total. The Hall–Kier alpha value is -1.26. The number of aromatic nitrogens is 2. The van der Waals surface area contributed by atoms with E-state index in [1.807, 2.05) is 0 Å². The first kappa shape index (κ1) is 15.1. The molecule has 0 saturated heterocycles. The summed E-state index contributed by atoms with van der Waals surface area (Å²) < 4.78 is 0. The fourth-order valence-electron chi connectivity index (χ4n) is 2.01. The molecule has 0 aliphatic carbocycles. The minimum Gasteiger partial charge on any atom is -0.317 e. The Balaban J connectivity index is 1.93. The topological polar surface area (TPSA) is 37.8 Å². The second-order valence-electron chi connectivity index (χ2n) is 5.15. The number of hydrogen-bond donors (Lipinski definition) is 1. The Morgan fingerprint density at radius 1 is 1.10 bits per heavy atom. The van der Waals surface area contributed by atoms with Gasteiger partial charge in [-0.2, -0.15) is 0 Å². The normalized spacial score (nSPS) is 10.9. The van der Waals surface area contributed by atoms with Crippen molar-refractivity contribution in [2.75, 3.05) is 13.1 Å². The maximum absolute atomic E-state index is 4.32. The van der Waals surface area contributed by atoms with Crippen molar-refractivity contribution in [2.45, 2.75) is 40.0 Å². The van der Waals surface area contributed by atoms with Crippen molar-refractivity contribution in [3.05, 3.63) is 34.3 Å². The Kier molecular flexibility index (Phi) is 5.68. The lowest BCUT2D eigenvalue weighted by Gasteiger charge is -2.01. The molecule has 1 aromatic heterocycles. The fourth-order valence-corrected chi connectivity index (χ4v) is 2.89. The molecule has 0 amide bonds. The smallest absolute Gasteiger partial charge is 0.147 e. The van der Waals surface area contributed by atoms with Crippen molar-refractivity contribution in [1.82, 2.24) is 15.5 Å². The molecule has 0 aliphatic heterocycles. The van der Waals surface area contributed by atoms with Gasteiger partial charge in [-0.1, -0.05) is 30.4 Å². The van der Waals surface area contributed by atoms with E-state index >= 15 is 0 Å². The lowest BCUT2D eigenvalue weighted by Crippen LogP contribution is -2.16. The van der Waals surface area contributed by atoms with Crippen LogP contribution < -0.4 is 5.32 Å². The summed E-state index contributed by atoms with van der Waals surface area (Å²) in [4.78, 5) is 0. The van der Waals surface area contributed by atoms with Gasteiger partial charge in [0.2, 0.25) is 0 Å². The van der Waals surface area contributed by atoms with Crippen LogP contribution >= 0.6 is 11.3 Å². The predicted molar refractivity (Wildman–Crippen MR) is 86.3 cm³/mol. The van der Waals surface area contributed by atoms with Gasteiger partial charge in [-0.3, -0.25) is 0 Å². The van der Waals surface area contributed by atoms with Crippen LogP contribution in [0.3, 0.4) is 0 Å². The highest BCUT2D eigenvalue weighted by Gasteiger charge is 2.07. The number of benzene rings is 1. The van der Waals surface area contributed by atoms with Crippen LogP contribution in [0.15, 0.2) is 18.2 Å². The van der Waals surface area contributed by atoms with Crippen LogP contribution in [0.4, 0.5) is 0 Å². The van der Waals surface area contributed by atoms with Crippen molar-refractivity contribution in [2.24, 2.45) is 0 Å². The zero-order chi connectivity index (χ0) is 14.4. The van der Waals surface area contributed by atoms with E-state index < -0.39 is 0 Å². The molecular weight excluding hydrogens is 266 g/mol. The molecule has 0 unspecified atom stereocenters. The molecule has 2 rings (SSSR count). The molecule has 0 spiro atoms. The Bertz CT molecular complexity index is 548. The molecule has 0 aliphatic rings. The van der Waals surface area contributed by atoms with Crippen LogP contribution in [0.5, 0.6) is 0 Å². The highest BCUT2D eigenvalue weighted by molar-refractivity contribution is 7.14. The van der Waals surface area contributed by atoms with E-state index in [0.717, 1.165) is 35.9 Å². The molecule has 0 fully saturated rings. The highest BCUT2D eigenvalue weighted by Crippen LogP contribution is 2.25. The van der Waals surface area contributed by atoms with Crippen LogP contribution in [0.1, 0.15) is 35.9 Å². The van der Waals surface area contributed by atoms with Crippen molar-refractivity contribution >= 4 is 11.3 Å². The molecular formula is C16H23N3S.